The van der Waals surface area contributed by atoms with Crippen molar-refractivity contribution >= 4 is 25.9 Å². The van der Waals surface area contributed by atoms with Gasteiger partial charge in [-0.05, 0) is 17.3 Å². The average Bonchev–Trinajstić information content (AvgIpc) is 2.37. The molecule has 0 aliphatic carbocycles. The predicted octanol–water partition coefficient (Wildman–Crippen LogP) is -0.308. The summed E-state index contributed by atoms with van der Waals surface area (Å²) in [6.45, 7) is 1.91. The van der Waals surface area contributed by atoms with Crippen LogP contribution in [0.3, 0.4) is 0 Å². The zero-order valence-corrected chi connectivity index (χ0v) is 11.2. The van der Waals surface area contributed by atoms with Crippen molar-refractivity contribution in [2.75, 3.05) is 13.1 Å². The molecule has 2 amide bonds. The molecule has 1 atom stereocenters. The van der Waals surface area contributed by atoms with Gasteiger partial charge in [0.2, 0.25) is 11.8 Å². The lowest BCUT2D eigenvalue weighted by Crippen LogP contribution is -2.36. The minimum atomic E-state index is -0.217. The standard InChI is InChI=1S/C12H17N2O3P/c1-9(15)14-8-12(16)13-7-6-10-2-4-11(18-17)5-3-10/h2-5,17-18H,6-8H2,1H3,(H,13,16)(H,14,15). The van der Waals surface area contributed by atoms with Crippen molar-refractivity contribution in [3.8, 4) is 0 Å². The molecule has 0 bridgehead atoms. The third-order valence-electron chi connectivity index (χ3n) is 2.32. The summed E-state index contributed by atoms with van der Waals surface area (Å²) in [5, 5.41) is 6.04. The highest BCUT2D eigenvalue weighted by molar-refractivity contribution is 7.40. The molecule has 1 aromatic rings. The number of carbonyl (C=O) groups excluding carboxylic acids is 2. The van der Waals surface area contributed by atoms with E-state index >= 15 is 0 Å². The van der Waals surface area contributed by atoms with Crippen LogP contribution in [-0.4, -0.2) is 29.8 Å². The third-order valence-corrected chi connectivity index (χ3v) is 2.91. The lowest BCUT2D eigenvalue weighted by atomic mass is 10.1. The zero-order valence-electron chi connectivity index (χ0n) is 10.2. The Morgan fingerprint density at radius 3 is 2.44 bits per heavy atom. The molecule has 0 spiro atoms. The Hall–Kier alpha value is -1.45. The van der Waals surface area contributed by atoms with E-state index in [-0.39, 0.29) is 27.2 Å². The molecule has 1 rings (SSSR count). The highest BCUT2D eigenvalue weighted by atomic mass is 31.1. The van der Waals surface area contributed by atoms with E-state index in [2.05, 4.69) is 10.6 Å². The summed E-state index contributed by atoms with van der Waals surface area (Å²) < 4.78 is 0. The van der Waals surface area contributed by atoms with Crippen LogP contribution in [0.25, 0.3) is 0 Å². The molecule has 1 aromatic carbocycles. The molecule has 0 aliphatic heterocycles. The Balaban J connectivity index is 2.24. The summed E-state index contributed by atoms with van der Waals surface area (Å²) in [5.74, 6) is -0.413. The van der Waals surface area contributed by atoms with Crippen molar-refractivity contribution in [2.45, 2.75) is 13.3 Å². The summed E-state index contributed by atoms with van der Waals surface area (Å²) in [6, 6.07) is 7.59. The Morgan fingerprint density at radius 2 is 1.89 bits per heavy atom. The van der Waals surface area contributed by atoms with Crippen LogP contribution in [-0.2, 0) is 16.0 Å². The van der Waals surface area contributed by atoms with E-state index in [1.165, 1.54) is 6.92 Å². The van der Waals surface area contributed by atoms with Crippen molar-refractivity contribution in [1.82, 2.24) is 10.6 Å². The molecule has 0 saturated carbocycles. The van der Waals surface area contributed by atoms with Crippen LogP contribution < -0.4 is 15.9 Å². The van der Waals surface area contributed by atoms with E-state index in [9.17, 15) is 9.59 Å². The fourth-order valence-corrected chi connectivity index (χ4v) is 1.68. The maximum atomic E-state index is 11.3. The average molecular weight is 268 g/mol. The fraction of sp³-hybridized carbons (Fsp3) is 0.333. The molecule has 1 unspecified atom stereocenters. The highest BCUT2D eigenvalue weighted by Gasteiger charge is 2.01. The normalized spacial score (nSPS) is 10.6. The Labute approximate surface area is 108 Å². The number of nitrogens with one attached hydrogen (secondary N) is 2. The molecule has 0 aromatic heterocycles. The molecule has 0 fully saturated rings. The first-order chi connectivity index (χ1) is 8.61. The maximum absolute atomic E-state index is 11.3. The van der Waals surface area contributed by atoms with Gasteiger partial charge in [-0.15, -0.1) is 0 Å². The fourth-order valence-electron chi connectivity index (χ4n) is 1.36. The second kappa shape index (κ2) is 7.80. The maximum Gasteiger partial charge on any atom is 0.239 e. The first-order valence-corrected chi connectivity index (χ1v) is 6.56. The molecule has 18 heavy (non-hydrogen) atoms. The molecular formula is C12H17N2O3P. The van der Waals surface area contributed by atoms with E-state index in [1.54, 1.807) is 0 Å². The minimum Gasteiger partial charge on any atom is -0.372 e. The highest BCUT2D eigenvalue weighted by Crippen LogP contribution is 2.05. The monoisotopic (exact) mass is 268 g/mol. The molecule has 0 heterocycles. The van der Waals surface area contributed by atoms with Crippen molar-refractivity contribution in [1.29, 1.82) is 0 Å². The summed E-state index contributed by atoms with van der Waals surface area (Å²) >= 11 is 0. The van der Waals surface area contributed by atoms with E-state index in [1.807, 2.05) is 24.3 Å². The summed E-state index contributed by atoms with van der Waals surface area (Å²) in [7, 11) is -0.188. The van der Waals surface area contributed by atoms with Gasteiger partial charge in [-0.25, -0.2) is 0 Å². The molecule has 5 nitrogen and oxygen atoms in total. The Morgan fingerprint density at radius 1 is 1.22 bits per heavy atom. The Bertz CT molecular complexity index is 406. The van der Waals surface area contributed by atoms with Crippen LogP contribution in [0, 0.1) is 0 Å². The second-order valence-electron chi connectivity index (χ2n) is 3.82. The van der Waals surface area contributed by atoms with Gasteiger partial charge in [0, 0.05) is 22.3 Å². The molecular weight excluding hydrogens is 251 g/mol. The van der Waals surface area contributed by atoms with Crippen LogP contribution in [0.1, 0.15) is 12.5 Å². The first-order valence-electron chi connectivity index (χ1n) is 5.62. The van der Waals surface area contributed by atoms with Gasteiger partial charge in [-0.3, -0.25) is 9.59 Å². The predicted molar refractivity (Wildman–Crippen MR) is 72.0 cm³/mol. The van der Waals surface area contributed by atoms with Crippen molar-refractivity contribution in [3.63, 3.8) is 0 Å². The number of hydrogen-bond acceptors (Lipinski definition) is 3. The topological polar surface area (TPSA) is 78.4 Å². The van der Waals surface area contributed by atoms with Crippen LogP contribution in [0.4, 0.5) is 0 Å². The summed E-state index contributed by atoms with van der Waals surface area (Å²) in [5.41, 5.74) is 1.09. The minimum absolute atomic E-state index is 0.0138. The lowest BCUT2D eigenvalue weighted by molar-refractivity contribution is -0.125. The van der Waals surface area contributed by atoms with Crippen molar-refractivity contribution < 1.29 is 14.5 Å². The van der Waals surface area contributed by atoms with Crippen molar-refractivity contribution in [2.24, 2.45) is 0 Å². The van der Waals surface area contributed by atoms with Gasteiger partial charge in [0.25, 0.3) is 0 Å². The SMILES string of the molecule is CC(=O)NCC(=O)NCCc1ccc(PO)cc1. The zero-order chi connectivity index (χ0) is 13.4. The number of hydrogen-bond donors (Lipinski definition) is 3. The smallest absolute Gasteiger partial charge is 0.239 e. The summed E-state index contributed by atoms with van der Waals surface area (Å²) in [4.78, 5) is 30.8. The number of rotatable bonds is 6. The quantitative estimate of drug-likeness (QED) is 0.619. The molecule has 6 heteroatoms. The number of amides is 2. The van der Waals surface area contributed by atoms with E-state index < -0.39 is 0 Å². The van der Waals surface area contributed by atoms with E-state index in [0.29, 0.717) is 6.54 Å². The third kappa shape index (κ3) is 5.75. The molecule has 0 radical (unpaired) electrons. The first kappa shape index (κ1) is 14.6. The molecule has 98 valence electrons. The van der Waals surface area contributed by atoms with Crippen LogP contribution in [0.5, 0.6) is 0 Å². The van der Waals surface area contributed by atoms with E-state index in [4.69, 9.17) is 4.89 Å². The van der Waals surface area contributed by atoms with Crippen molar-refractivity contribution in [3.05, 3.63) is 29.8 Å². The van der Waals surface area contributed by atoms with E-state index in [0.717, 1.165) is 17.3 Å². The molecule has 0 saturated heterocycles. The molecule has 0 aliphatic rings. The number of benzene rings is 1. The van der Waals surface area contributed by atoms with Gasteiger partial charge in [-0.2, -0.15) is 0 Å². The van der Waals surface area contributed by atoms with Gasteiger partial charge in [-0.1, -0.05) is 24.3 Å². The van der Waals surface area contributed by atoms with Crippen LogP contribution in [0.15, 0.2) is 24.3 Å². The Kier molecular flexibility index (Phi) is 6.33. The van der Waals surface area contributed by atoms with Gasteiger partial charge in [0.1, 0.15) is 0 Å². The van der Waals surface area contributed by atoms with Gasteiger partial charge in [0.15, 0.2) is 0 Å². The van der Waals surface area contributed by atoms with Crippen LogP contribution >= 0.6 is 8.81 Å². The van der Waals surface area contributed by atoms with Gasteiger partial charge in [0.05, 0.1) is 6.54 Å². The number of carbonyl (C=O) groups is 2. The molecule has 3 N–H and O–H groups in total. The van der Waals surface area contributed by atoms with Gasteiger partial charge < -0.3 is 15.5 Å². The largest absolute Gasteiger partial charge is 0.372 e. The second-order valence-corrected chi connectivity index (χ2v) is 4.62. The summed E-state index contributed by atoms with van der Waals surface area (Å²) in [6.07, 6.45) is 0.723. The lowest BCUT2D eigenvalue weighted by Gasteiger charge is -2.06. The van der Waals surface area contributed by atoms with Crippen LogP contribution in [0.2, 0.25) is 0 Å². The van der Waals surface area contributed by atoms with Gasteiger partial charge >= 0.3 is 0 Å².